The highest BCUT2D eigenvalue weighted by Crippen LogP contribution is 2.29. The molecule has 0 saturated heterocycles. The third-order valence-electron chi connectivity index (χ3n) is 4.03. The van der Waals surface area contributed by atoms with Gasteiger partial charge in [0.1, 0.15) is 5.03 Å². The molecule has 1 N–H and O–H groups in total. The highest BCUT2D eigenvalue weighted by molar-refractivity contribution is 8.00. The molecular formula is C20H21N3OS. The van der Waals surface area contributed by atoms with Gasteiger partial charge in [-0.25, -0.2) is 0 Å². The number of fused-ring (bicyclic) bond motifs is 1. The number of carbonyl (C=O) groups is 1. The molecule has 3 rings (SSSR count). The zero-order valence-corrected chi connectivity index (χ0v) is 15.4. The van der Waals surface area contributed by atoms with Crippen molar-refractivity contribution in [3.63, 3.8) is 0 Å². The molecule has 1 unspecified atom stereocenters. The lowest BCUT2D eigenvalue weighted by atomic mass is 10.0. The highest BCUT2D eigenvalue weighted by Gasteiger charge is 2.18. The molecule has 1 atom stereocenters. The van der Waals surface area contributed by atoms with E-state index in [2.05, 4.69) is 29.4 Å². The molecule has 0 bridgehead atoms. The van der Waals surface area contributed by atoms with Crippen molar-refractivity contribution in [1.29, 1.82) is 0 Å². The second-order valence-corrected chi connectivity index (χ2v) is 7.56. The van der Waals surface area contributed by atoms with Crippen LogP contribution in [0.4, 0.5) is 5.69 Å². The summed E-state index contributed by atoms with van der Waals surface area (Å²) in [5.41, 5.74) is 2.01. The van der Waals surface area contributed by atoms with Gasteiger partial charge in [0, 0.05) is 16.5 Å². The summed E-state index contributed by atoms with van der Waals surface area (Å²) >= 11 is 1.43. The van der Waals surface area contributed by atoms with Crippen LogP contribution >= 0.6 is 11.8 Å². The molecule has 0 aliphatic heterocycles. The Morgan fingerprint density at radius 2 is 1.76 bits per heavy atom. The molecule has 25 heavy (non-hydrogen) atoms. The number of nitrogens with zero attached hydrogens (tertiary/aromatic N) is 2. The zero-order valence-electron chi connectivity index (χ0n) is 14.6. The van der Waals surface area contributed by atoms with E-state index in [0.29, 0.717) is 5.92 Å². The molecule has 3 aromatic rings. The maximum Gasteiger partial charge on any atom is 0.237 e. The lowest BCUT2D eigenvalue weighted by Crippen LogP contribution is -2.23. The van der Waals surface area contributed by atoms with Gasteiger partial charge in [0.25, 0.3) is 0 Å². The molecule has 0 spiro atoms. The minimum Gasteiger partial charge on any atom is -0.325 e. The molecule has 0 radical (unpaired) electrons. The van der Waals surface area contributed by atoms with Crippen LogP contribution in [-0.4, -0.2) is 21.4 Å². The van der Waals surface area contributed by atoms with E-state index in [4.69, 9.17) is 0 Å². The molecule has 0 aliphatic rings. The van der Waals surface area contributed by atoms with Crippen molar-refractivity contribution in [1.82, 2.24) is 10.2 Å². The maximum atomic E-state index is 12.6. The Labute approximate surface area is 152 Å². The number of amides is 1. The first kappa shape index (κ1) is 17.4. The van der Waals surface area contributed by atoms with Crippen LogP contribution in [0, 0.1) is 0 Å². The van der Waals surface area contributed by atoms with Gasteiger partial charge in [-0.1, -0.05) is 68.1 Å². The molecule has 1 heterocycles. The van der Waals surface area contributed by atoms with E-state index in [0.717, 1.165) is 27.0 Å². The molecule has 4 nitrogen and oxygen atoms in total. The standard InChI is InChI=1S/C20H21N3OS/c1-13(2)16-9-6-7-11-18(16)22-19(24)14(3)25-20-17-10-5-4-8-15(17)12-21-23-20/h4-14H,1-3H3,(H,22,24). The second kappa shape index (κ2) is 7.66. The van der Waals surface area contributed by atoms with E-state index >= 15 is 0 Å². The third kappa shape index (κ3) is 3.99. The number of benzene rings is 2. The largest absolute Gasteiger partial charge is 0.325 e. The summed E-state index contributed by atoms with van der Waals surface area (Å²) < 4.78 is 0. The van der Waals surface area contributed by atoms with Crippen LogP contribution in [0.2, 0.25) is 0 Å². The number of hydrogen-bond acceptors (Lipinski definition) is 4. The first-order valence-electron chi connectivity index (χ1n) is 8.33. The number of aromatic nitrogens is 2. The number of rotatable bonds is 5. The molecule has 1 amide bonds. The molecule has 0 saturated carbocycles. The van der Waals surface area contributed by atoms with Crippen molar-refractivity contribution in [3.8, 4) is 0 Å². The Bertz CT molecular complexity index is 890. The topological polar surface area (TPSA) is 54.9 Å². The minimum atomic E-state index is -0.277. The molecule has 5 heteroatoms. The van der Waals surface area contributed by atoms with Crippen LogP contribution in [0.15, 0.2) is 59.8 Å². The Kier molecular flexibility index (Phi) is 5.34. The predicted molar refractivity (Wildman–Crippen MR) is 104 cm³/mol. The van der Waals surface area contributed by atoms with E-state index < -0.39 is 0 Å². The summed E-state index contributed by atoms with van der Waals surface area (Å²) in [6.45, 7) is 6.13. The van der Waals surface area contributed by atoms with Gasteiger partial charge in [0.05, 0.1) is 11.4 Å². The van der Waals surface area contributed by atoms with E-state index in [-0.39, 0.29) is 11.2 Å². The van der Waals surface area contributed by atoms with Crippen molar-refractivity contribution in [2.45, 2.75) is 37.0 Å². The van der Waals surface area contributed by atoms with Crippen molar-refractivity contribution < 1.29 is 4.79 Å². The average Bonchev–Trinajstić information content (AvgIpc) is 2.62. The number of para-hydroxylation sites is 1. The lowest BCUT2D eigenvalue weighted by molar-refractivity contribution is -0.115. The summed E-state index contributed by atoms with van der Waals surface area (Å²) in [4.78, 5) is 12.6. The van der Waals surface area contributed by atoms with Crippen molar-refractivity contribution >= 4 is 34.1 Å². The van der Waals surface area contributed by atoms with Gasteiger partial charge in [-0.2, -0.15) is 5.10 Å². The Balaban J connectivity index is 1.77. The fraction of sp³-hybridized carbons (Fsp3) is 0.250. The van der Waals surface area contributed by atoms with Crippen molar-refractivity contribution in [3.05, 3.63) is 60.3 Å². The van der Waals surface area contributed by atoms with Gasteiger partial charge in [0.2, 0.25) is 5.91 Å². The van der Waals surface area contributed by atoms with Gasteiger partial charge < -0.3 is 5.32 Å². The summed E-state index contributed by atoms with van der Waals surface area (Å²) in [6.07, 6.45) is 1.74. The van der Waals surface area contributed by atoms with Gasteiger partial charge in [-0.05, 0) is 24.5 Å². The van der Waals surface area contributed by atoms with Gasteiger partial charge in [-0.3, -0.25) is 4.79 Å². The average molecular weight is 351 g/mol. The fourth-order valence-electron chi connectivity index (χ4n) is 2.66. The molecule has 1 aromatic heterocycles. The zero-order chi connectivity index (χ0) is 17.8. The van der Waals surface area contributed by atoms with Crippen molar-refractivity contribution in [2.75, 3.05) is 5.32 Å². The van der Waals surface area contributed by atoms with Crippen LogP contribution in [-0.2, 0) is 4.79 Å². The number of carbonyl (C=O) groups excluding carboxylic acids is 1. The summed E-state index contributed by atoms with van der Waals surface area (Å²) in [6, 6.07) is 15.9. The summed E-state index contributed by atoms with van der Waals surface area (Å²) in [5.74, 6) is 0.316. The molecule has 2 aromatic carbocycles. The number of thioether (sulfide) groups is 1. The second-order valence-electron chi connectivity index (χ2n) is 6.23. The predicted octanol–water partition coefficient (Wildman–Crippen LogP) is 4.87. The number of anilines is 1. The monoisotopic (exact) mass is 351 g/mol. The van der Waals surface area contributed by atoms with Crippen LogP contribution < -0.4 is 5.32 Å². The fourth-order valence-corrected chi connectivity index (χ4v) is 3.57. The Morgan fingerprint density at radius 1 is 1.04 bits per heavy atom. The first-order valence-corrected chi connectivity index (χ1v) is 9.21. The Morgan fingerprint density at radius 3 is 2.56 bits per heavy atom. The normalized spacial score (nSPS) is 12.3. The summed E-state index contributed by atoms with van der Waals surface area (Å²) in [5, 5.41) is 13.9. The molecule has 0 fully saturated rings. The number of hydrogen-bond donors (Lipinski definition) is 1. The van der Waals surface area contributed by atoms with E-state index in [1.807, 2.05) is 55.5 Å². The van der Waals surface area contributed by atoms with Gasteiger partial charge in [-0.15, -0.1) is 5.10 Å². The van der Waals surface area contributed by atoms with Crippen molar-refractivity contribution in [2.24, 2.45) is 0 Å². The lowest BCUT2D eigenvalue weighted by Gasteiger charge is -2.16. The third-order valence-corrected chi connectivity index (χ3v) is 5.13. The van der Waals surface area contributed by atoms with Crippen LogP contribution in [0.5, 0.6) is 0 Å². The first-order chi connectivity index (χ1) is 12.1. The maximum absolute atomic E-state index is 12.6. The highest BCUT2D eigenvalue weighted by atomic mass is 32.2. The van der Waals surface area contributed by atoms with Gasteiger partial charge >= 0.3 is 0 Å². The van der Waals surface area contributed by atoms with Crippen LogP contribution in [0.3, 0.4) is 0 Å². The molecule has 0 aliphatic carbocycles. The van der Waals surface area contributed by atoms with E-state index in [9.17, 15) is 4.79 Å². The van der Waals surface area contributed by atoms with E-state index in [1.54, 1.807) is 6.20 Å². The Hall–Kier alpha value is -2.40. The smallest absolute Gasteiger partial charge is 0.237 e. The molecule has 128 valence electrons. The molecular weight excluding hydrogens is 330 g/mol. The van der Waals surface area contributed by atoms with Gasteiger partial charge in [0.15, 0.2) is 0 Å². The van der Waals surface area contributed by atoms with E-state index in [1.165, 1.54) is 11.8 Å². The quantitative estimate of drug-likeness (QED) is 0.666. The summed E-state index contributed by atoms with van der Waals surface area (Å²) in [7, 11) is 0. The minimum absolute atomic E-state index is 0.0344. The SMILES string of the molecule is CC(Sc1nncc2ccccc12)C(=O)Nc1ccccc1C(C)C. The number of nitrogens with one attached hydrogen (secondary N) is 1. The van der Waals surface area contributed by atoms with Crippen LogP contribution in [0.25, 0.3) is 10.8 Å². The van der Waals surface area contributed by atoms with Crippen LogP contribution in [0.1, 0.15) is 32.3 Å².